The molecular weight excluding hydrogens is 397 g/mol. The minimum Gasteiger partial charge on any atom is -0.379 e. The van der Waals surface area contributed by atoms with E-state index >= 15 is 0 Å². The maximum atomic E-state index is 13.3. The highest BCUT2D eigenvalue weighted by Gasteiger charge is 2.33. The molecule has 0 aliphatic carbocycles. The number of carbonyl (C=O) groups is 1. The molecule has 0 N–H and O–H groups in total. The van der Waals surface area contributed by atoms with Crippen LogP contribution in [0.4, 0.5) is 13.2 Å². The van der Waals surface area contributed by atoms with Gasteiger partial charge in [0.05, 0.1) is 25.3 Å². The number of nitrogens with zero attached hydrogens (tertiary/aromatic N) is 4. The highest BCUT2D eigenvalue weighted by Crippen LogP contribution is 2.32. The maximum Gasteiger partial charge on any atom is 0.416 e. The van der Waals surface area contributed by atoms with Crippen molar-refractivity contribution in [2.45, 2.75) is 32.6 Å². The molecule has 1 fully saturated rings. The zero-order valence-corrected chi connectivity index (χ0v) is 17.1. The molecule has 1 aromatic heterocycles. The van der Waals surface area contributed by atoms with E-state index in [0.717, 1.165) is 25.7 Å². The van der Waals surface area contributed by atoms with Gasteiger partial charge in [-0.3, -0.25) is 9.69 Å². The van der Waals surface area contributed by atoms with E-state index in [1.54, 1.807) is 34.9 Å². The van der Waals surface area contributed by atoms with Crippen LogP contribution < -0.4 is 0 Å². The van der Waals surface area contributed by atoms with Crippen molar-refractivity contribution in [3.8, 4) is 0 Å². The van der Waals surface area contributed by atoms with Gasteiger partial charge < -0.3 is 14.2 Å². The SMILES string of the molecule is CCC(=O)N(CCN1CCOCC1)Cc1nccn1Cc1ccccc1C(F)(F)F. The number of amides is 1. The van der Waals surface area contributed by atoms with Gasteiger partial charge in [0.25, 0.3) is 0 Å². The van der Waals surface area contributed by atoms with Crippen LogP contribution in [0, 0.1) is 0 Å². The molecule has 1 aliphatic heterocycles. The van der Waals surface area contributed by atoms with Crippen LogP contribution in [0.1, 0.15) is 30.3 Å². The molecule has 1 aliphatic rings. The molecule has 0 radical (unpaired) electrons. The summed E-state index contributed by atoms with van der Waals surface area (Å²) in [4.78, 5) is 20.7. The van der Waals surface area contributed by atoms with Crippen LogP contribution in [0.25, 0.3) is 0 Å². The molecule has 164 valence electrons. The molecule has 0 spiro atoms. The van der Waals surface area contributed by atoms with Crippen LogP contribution in [-0.2, 0) is 28.8 Å². The summed E-state index contributed by atoms with van der Waals surface area (Å²) in [5, 5.41) is 0. The summed E-state index contributed by atoms with van der Waals surface area (Å²) in [6.45, 7) is 6.41. The third-order valence-electron chi connectivity index (χ3n) is 5.24. The number of aromatic nitrogens is 2. The Labute approximate surface area is 174 Å². The molecule has 0 unspecified atom stereocenters. The van der Waals surface area contributed by atoms with Crippen LogP contribution in [-0.4, -0.2) is 64.7 Å². The first-order valence-corrected chi connectivity index (χ1v) is 10.1. The fraction of sp³-hybridized carbons (Fsp3) is 0.524. The molecule has 30 heavy (non-hydrogen) atoms. The third kappa shape index (κ3) is 5.82. The number of halogens is 3. The Kier molecular flexibility index (Phi) is 7.49. The van der Waals surface area contributed by atoms with E-state index < -0.39 is 11.7 Å². The van der Waals surface area contributed by atoms with Gasteiger partial charge in [0.15, 0.2) is 0 Å². The largest absolute Gasteiger partial charge is 0.416 e. The minimum atomic E-state index is -4.42. The van der Waals surface area contributed by atoms with Crippen molar-refractivity contribution in [2.75, 3.05) is 39.4 Å². The lowest BCUT2D eigenvalue weighted by Crippen LogP contribution is -2.43. The first-order chi connectivity index (χ1) is 14.4. The minimum absolute atomic E-state index is 0.00602. The van der Waals surface area contributed by atoms with Crippen molar-refractivity contribution in [3.63, 3.8) is 0 Å². The maximum absolute atomic E-state index is 13.3. The van der Waals surface area contributed by atoms with Crippen LogP contribution in [0.5, 0.6) is 0 Å². The van der Waals surface area contributed by atoms with Crippen LogP contribution in [0.2, 0.25) is 0 Å². The van der Waals surface area contributed by atoms with Crippen molar-refractivity contribution in [1.29, 1.82) is 0 Å². The van der Waals surface area contributed by atoms with Gasteiger partial charge in [-0.05, 0) is 11.6 Å². The van der Waals surface area contributed by atoms with Gasteiger partial charge in [0.2, 0.25) is 5.91 Å². The van der Waals surface area contributed by atoms with Crippen LogP contribution in [0.15, 0.2) is 36.7 Å². The zero-order chi connectivity index (χ0) is 21.6. The zero-order valence-electron chi connectivity index (χ0n) is 17.1. The van der Waals surface area contributed by atoms with Crippen LogP contribution in [0.3, 0.4) is 0 Å². The third-order valence-corrected chi connectivity index (χ3v) is 5.24. The standard InChI is InChI=1S/C21H27F3N4O2/c1-2-20(29)28(10-9-26-11-13-30-14-12-26)16-19-25-7-8-27(19)15-17-5-3-4-6-18(17)21(22,23)24/h3-8H,2,9-16H2,1H3. The molecule has 6 nitrogen and oxygen atoms in total. The van der Waals surface area contributed by atoms with Crippen molar-refractivity contribution >= 4 is 5.91 Å². The molecule has 3 rings (SSSR count). The topological polar surface area (TPSA) is 50.6 Å². The first kappa shape index (κ1) is 22.3. The van der Waals surface area contributed by atoms with Crippen molar-refractivity contribution in [2.24, 2.45) is 0 Å². The number of ether oxygens (including phenoxy) is 1. The quantitative estimate of drug-likeness (QED) is 0.654. The molecule has 0 saturated carbocycles. The number of carbonyl (C=O) groups excluding carboxylic acids is 1. The summed E-state index contributed by atoms with van der Waals surface area (Å²) in [5.74, 6) is 0.559. The fourth-order valence-electron chi connectivity index (χ4n) is 3.53. The van der Waals surface area contributed by atoms with Crippen LogP contribution >= 0.6 is 0 Å². The van der Waals surface area contributed by atoms with Crippen molar-refractivity contribution < 1.29 is 22.7 Å². The van der Waals surface area contributed by atoms with Gasteiger partial charge in [0.1, 0.15) is 5.82 Å². The number of imidazole rings is 1. The second-order valence-corrected chi connectivity index (χ2v) is 7.25. The normalized spacial score (nSPS) is 15.3. The van der Waals surface area contributed by atoms with Gasteiger partial charge >= 0.3 is 6.18 Å². The van der Waals surface area contributed by atoms with E-state index in [2.05, 4.69) is 9.88 Å². The Bertz CT molecular complexity index is 832. The second kappa shape index (κ2) is 10.1. The summed E-state index contributed by atoms with van der Waals surface area (Å²) >= 11 is 0. The number of rotatable bonds is 8. The molecule has 1 aromatic carbocycles. The number of hydrogen-bond acceptors (Lipinski definition) is 4. The number of benzene rings is 1. The molecular formula is C21H27F3N4O2. The summed E-state index contributed by atoms with van der Waals surface area (Å²) in [7, 11) is 0. The first-order valence-electron chi connectivity index (χ1n) is 10.1. The van der Waals surface area contributed by atoms with Crippen molar-refractivity contribution in [1.82, 2.24) is 19.4 Å². The van der Waals surface area contributed by atoms with E-state index in [1.807, 2.05) is 0 Å². The van der Waals surface area contributed by atoms with E-state index in [4.69, 9.17) is 4.74 Å². The van der Waals surface area contributed by atoms with E-state index in [9.17, 15) is 18.0 Å². The van der Waals surface area contributed by atoms with Gasteiger partial charge in [-0.2, -0.15) is 13.2 Å². The summed E-state index contributed by atoms with van der Waals surface area (Å²) < 4.78 is 47.0. The Hall–Kier alpha value is -2.39. The van der Waals surface area contributed by atoms with Gasteiger partial charge in [-0.15, -0.1) is 0 Å². The predicted molar refractivity (Wildman–Crippen MR) is 106 cm³/mol. The molecule has 2 heterocycles. The number of morpholine rings is 1. The molecule has 9 heteroatoms. The molecule has 2 aromatic rings. The summed E-state index contributed by atoms with van der Waals surface area (Å²) in [6.07, 6.45) is -0.846. The average molecular weight is 424 g/mol. The monoisotopic (exact) mass is 424 g/mol. The number of alkyl halides is 3. The lowest BCUT2D eigenvalue weighted by Gasteiger charge is -2.30. The smallest absolute Gasteiger partial charge is 0.379 e. The average Bonchev–Trinajstić information content (AvgIpc) is 3.17. The lowest BCUT2D eigenvalue weighted by atomic mass is 10.1. The highest BCUT2D eigenvalue weighted by molar-refractivity contribution is 5.75. The molecule has 1 saturated heterocycles. The summed E-state index contributed by atoms with van der Waals surface area (Å²) in [6, 6.07) is 5.53. The Morgan fingerprint density at radius 1 is 1.23 bits per heavy atom. The van der Waals surface area contributed by atoms with Crippen molar-refractivity contribution in [3.05, 3.63) is 53.6 Å². The van der Waals surface area contributed by atoms with Gasteiger partial charge in [-0.1, -0.05) is 25.1 Å². The Morgan fingerprint density at radius 2 is 1.97 bits per heavy atom. The van der Waals surface area contributed by atoms with E-state index in [1.165, 1.54) is 12.1 Å². The van der Waals surface area contributed by atoms with E-state index in [0.29, 0.717) is 32.0 Å². The number of hydrogen-bond donors (Lipinski definition) is 0. The lowest BCUT2D eigenvalue weighted by molar-refractivity contribution is -0.138. The van der Waals surface area contributed by atoms with E-state index in [-0.39, 0.29) is 24.6 Å². The van der Waals surface area contributed by atoms with Gasteiger partial charge in [-0.25, -0.2) is 4.98 Å². The van der Waals surface area contributed by atoms with Gasteiger partial charge in [0, 0.05) is 51.5 Å². The molecule has 0 atom stereocenters. The fourth-order valence-corrected chi connectivity index (χ4v) is 3.53. The molecule has 1 amide bonds. The predicted octanol–water partition coefficient (Wildman–Crippen LogP) is 3.02. The Morgan fingerprint density at radius 3 is 2.67 bits per heavy atom. The highest BCUT2D eigenvalue weighted by atomic mass is 19.4. The summed E-state index contributed by atoms with van der Waals surface area (Å²) in [5.41, 5.74) is -0.482. The second-order valence-electron chi connectivity index (χ2n) is 7.25. The Balaban J connectivity index is 1.72. The molecule has 0 bridgehead atoms.